The van der Waals surface area contributed by atoms with Crippen LogP contribution in [0.15, 0.2) is 12.5 Å². The lowest BCUT2D eigenvalue weighted by atomic mass is 10.3. The zero-order valence-corrected chi connectivity index (χ0v) is 10.4. The molecule has 0 fully saturated rings. The second kappa shape index (κ2) is 6.62. The SMILES string of the molecule is C[C@H](N)c1cncn1CCOCCN(C)C. The summed E-state index contributed by atoms with van der Waals surface area (Å²) in [7, 11) is 4.07. The first-order valence-electron chi connectivity index (χ1n) is 5.59. The molecule has 0 aliphatic rings. The van der Waals surface area contributed by atoms with E-state index in [0.29, 0.717) is 6.61 Å². The van der Waals surface area contributed by atoms with Crippen LogP contribution < -0.4 is 5.73 Å². The number of imidazole rings is 1. The first kappa shape index (κ1) is 13.2. The molecule has 0 amide bonds. The normalized spacial score (nSPS) is 13.3. The molecule has 0 saturated heterocycles. The van der Waals surface area contributed by atoms with Gasteiger partial charge in [-0.3, -0.25) is 0 Å². The van der Waals surface area contributed by atoms with Gasteiger partial charge in [0.25, 0.3) is 0 Å². The fraction of sp³-hybridized carbons (Fsp3) is 0.727. The van der Waals surface area contributed by atoms with Crippen LogP contribution in [-0.4, -0.2) is 48.3 Å². The highest BCUT2D eigenvalue weighted by atomic mass is 16.5. The van der Waals surface area contributed by atoms with Crippen LogP contribution in [0.5, 0.6) is 0 Å². The van der Waals surface area contributed by atoms with E-state index >= 15 is 0 Å². The van der Waals surface area contributed by atoms with Gasteiger partial charge in [0, 0.05) is 25.3 Å². The average Bonchev–Trinajstić information content (AvgIpc) is 2.65. The van der Waals surface area contributed by atoms with E-state index in [1.807, 2.05) is 31.8 Å². The lowest BCUT2D eigenvalue weighted by Gasteiger charge is -2.12. The minimum atomic E-state index is 0.0178. The maximum absolute atomic E-state index is 5.82. The van der Waals surface area contributed by atoms with Crippen LogP contribution in [-0.2, 0) is 11.3 Å². The number of aromatic nitrogens is 2. The van der Waals surface area contributed by atoms with E-state index in [-0.39, 0.29) is 6.04 Å². The topological polar surface area (TPSA) is 56.3 Å². The Balaban J connectivity index is 2.24. The van der Waals surface area contributed by atoms with E-state index in [4.69, 9.17) is 10.5 Å². The van der Waals surface area contributed by atoms with Gasteiger partial charge in [-0.15, -0.1) is 0 Å². The van der Waals surface area contributed by atoms with Crippen molar-refractivity contribution in [2.45, 2.75) is 19.5 Å². The van der Waals surface area contributed by atoms with Crippen LogP contribution in [0, 0.1) is 0 Å². The van der Waals surface area contributed by atoms with Crippen LogP contribution in [0.2, 0.25) is 0 Å². The Kier molecular flexibility index (Phi) is 5.45. The van der Waals surface area contributed by atoms with Crippen molar-refractivity contribution >= 4 is 0 Å². The quantitative estimate of drug-likeness (QED) is 0.687. The second-order valence-electron chi connectivity index (χ2n) is 4.22. The summed E-state index contributed by atoms with van der Waals surface area (Å²) in [5.41, 5.74) is 6.87. The van der Waals surface area contributed by atoms with Gasteiger partial charge in [-0.2, -0.15) is 0 Å². The van der Waals surface area contributed by atoms with Gasteiger partial charge < -0.3 is 19.9 Å². The summed E-state index contributed by atoms with van der Waals surface area (Å²) in [6.07, 6.45) is 3.61. The molecule has 1 rings (SSSR count). The summed E-state index contributed by atoms with van der Waals surface area (Å²) < 4.78 is 7.56. The fourth-order valence-electron chi connectivity index (χ4n) is 1.41. The standard InChI is InChI=1S/C11H22N4O/c1-10(12)11-8-13-9-15(11)5-7-16-6-4-14(2)3/h8-10H,4-7,12H2,1-3H3/t10-/m0/s1. The Morgan fingerprint density at radius 3 is 2.88 bits per heavy atom. The number of likely N-dealkylation sites (N-methyl/N-ethyl adjacent to an activating group) is 1. The smallest absolute Gasteiger partial charge is 0.0949 e. The second-order valence-corrected chi connectivity index (χ2v) is 4.22. The Labute approximate surface area is 97.2 Å². The van der Waals surface area contributed by atoms with Gasteiger partial charge >= 0.3 is 0 Å². The van der Waals surface area contributed by atoms with Crippen molar-refractivity contribution in [2.24, 2.45) is 5.73 Å². The zero-order chi connectivity index (χ0) is 12.0. The molecule has 0 aliphatic heterocycles. The number of nitrogens with zero attached hydrogens (tertiary/aromatic N) is 3. The number of hydrogen-bond acceptors (Lipinski definition) is 4. The molecular formula is C11H22N4O. The van der Waals surface area contributed by atoms with Crippen molar-refractivity contribution in [1.82, 2.24) is 14.5 Å². The van der Waals surface area contributed by atoms with Gasteiger partial charge in [0.2, 0.25) is 0 Å². The maximum Gasteiger partial charge on any atom is 0.0949 e. The van der Waals surface area contributed by atoms with Gasteiger partial charge in [-0.25, -0.2) is 4.98 Å². The lowest BCUT2D eigenvalue weighted by Crippen LogP contribution is -2.20. The summed E-state index contributed by atoms with van der Waals surface area (Å²) in [6, 6.07) is 0.0178. The third-order valence-corrected chi connectivity index (χ3v) is 2.37. The summed E-state index contributed by atoms with van der Waals surface area (Å²) in [5, 5.41) is 0. The first-order chi connectivity index (χ1) is 7.61. The van der Waals surface area contributed by atoms with E-state index in [1.54, 1.807) is 6.33 Å². The van der Waals surface area contributed by atoms with Crippen LogP contribution in [0.4, 0.5) is 0 Å². The van der Waals surface area contributed by atoms with Gasteiger partial charge in [0.15, 0.2) is 0 Å². The maximum atomic E-state index is 5.82. The van der Waals surface area contributed by atoms with E-state index < -0.39 is 0 Å². The number of nitrogens with two attached hydrogens (primary N) is 1. The van der Waals surface area contributed by atoms with Crippen molar-refractivity contribution in [2.75, 3.05) is 33.9 Å². The van der Waals surface area contributed by atoms with E-state index in [9.17, 15) is 0 Å². The molecule has 0 spiro atoms. The lowest BCUT2D eigenvalue weighted by molar-refractivity contribution is 0.110. The first-order valence-corrected chi connectivity index (χ1v) is 5.59. The van der Waals surface area contributed by atoms with Crippen LogP contribution in [0.25, 0.3) is 0 Å². The molecule has 0 aliphatic carbocycles. The summed E-state index contributed by atoms with van der Waals surface area (Å²) in [4.78, 5) is 6.19. The molecule has 5 heteroatoms. The Hall–Kier alpha value is -0.910. The monoisotopic (exact) mass is 226 g/mol. The predicted molar refractivity (Wildman–Crippen MR) is 64.2 cm³/mol. The van der Waals surface area contributed by atoms with Gasteiger partial charge in [-0.05, 0) is 21.0 Å². The van der Waals surface area contributed by atoms with Crippen LogP contribution in [0.3, 0.4) is 0 Å². The molecule has 0 bridgehead atoms. The van der Waals surface area contributed by atoms with Crippen molar-refractivity contribution < 1.29 is 4.74 Å². The molecular weight excluding hydrogens is 204 g/mol. The number of hydrogen-bond donors (Lipinski definition) is 1. The van der Waals surface area contributed by atoms with E-state index in [0.717, 1.165) is 25.4 Å². The number of rotatable bonds is 7. The van der Waals surface area contributed by atoms with Gasteiger partial charge in [0.05, 0.1) is 25.2 Å². The Morgan fingerprint density at radius 1 is 1.50 bits per heavy atom. The molecule has 16 heavy (non-hydrogen) atoms. The molecule has 0 unspecified atom stereocenters. The fourth-order valence-corrected chi connectivity index (χ4v) is 1.41. The van der Waals surface area contributed by atoms with Crippen LogP contribution in [0.1, 0.15) is 18.7 Å². The minimum Gasteiger partial charge on any atom is -0.378 e. The highest BCUT2D eigenvalue weighted by Crippen LogP contribution is 2.07. The highest BCUT2D eigenvalue weighted by Gasteiger charge is 2.05. The van der Waals surface area contributed by atoms with Crippen LogP contribution >= 0.6 is 0 Å². The Bertz CT molecular complexity index is 296. The summed E-state index contributed by atoms with van der Waals surface area (Å²) in [5.74, 6) is 0. The molecule has 2 N–H and O–H groups in total. The molecule has 1 atom stereocenters. The molecule has 0 saturated carbocycles. The van der Waals surface area contributed by atoms with E-state index in [2.05, 4.69) is 9.88 Å². The number of ether oxygens (including phenoxy) is 1. The molecule has 1 aromatic rings. The van der Waals surface area contributed by atoms with Crippen molar-refractivity contribution in [3.8, 4) is 0 Å². The van der Waals surface area contributed by atoms with Crippen molar-refractivity contribution in [1.29, 1.82) is 0 Å². The average molecular weight is 226 g/mol. The molecule has 1 aromatic heterocycles. The third-order valence-electron chi connectivity index (χ3n) is 2.37. The predicted octanol–water partition coefficient (Wildman–Crippen LogP) is 0.481. The largest absolute Gasteiger partial charge is 0.378 e. The summed E-state index contributed by atoms with van der Waals surface area (Å²) >= 11 is 0. The molecule has 0 radical (unpaired) electrons. The zero-order valence-electron chi connectivity index (χ0n) is 10.4. The van der Waals surface area contributed by atoms with Gasteiger partial charge in [-0.1, -0.05) is 0 Å². The van der Waals surface area contributed by atoms with Gasteiger partial charge in [0.1, 0.15) is 0 Å². The molecule has 1 heterocycles. The summed E-state index contributed by atoms with van der Waals surface area (Å²) in [6.45, 7) is 5.17. The highest BCUT2D eigenvalue weighted by molar-refractivity contribution is 5.02. The molecule has 0 aromatic carbocycles. The third kappa shape index (κ3) is 4.30. The van der Waals surface area contributed by atoms with Crippen molar-refractivity contribution in [3.63, 3.8) is 0 Å². The molecule has 5 nitrogen and oxygen atoms in total. The van der Waals surface area contributed by atoms with E-state index in [1.165, 1.54) is 0 Å². The minimum absolute atomic E-state index is 0.0178. The van der Waals surface area contributed by atoms with Crippen molar-refractivity contribution in [3.05, 3.63) is 18.2 Å². The Morgan fingerprint density at radius 2 is 2.25 bits per heavy atom. The molecule has 92 valence electrons.